The Bertz CT molecular complexity index is 297. The molecule has 3 N–H and O–H groups in total. The van der Waals surface area contributed by atoms with E-state index in [-0.39, 0.29) is 18.2 Å². The lowest BCUT2D eigenvalue weighted by atomic mass is 9.93. The van der Waals surface area contributed by atoms with E-state index in [1.807, 2.05) is 0 Å². The highest BCUT2D eigenvalue weighted by Crippen LogP contribution is 2.18. The molecule has 2 atom stereocenters. The maximum atomic E-state index is 11.3. The zero-order chi connectivity index (χ0) is 11.3. The maximum Gasteiger partial charge on any atom is 0.405 e. The van der Waals surface area contributed by atoms with E-state index in [1.54, 1.807) is 6.07 Å². The van der Waals surface area contributed by atoms with Crippen LogP contribution in [0.25, 0.3) is 0 Å². The number of hydrogen-bond acceptors (Lipinski definition) is 4. The molecule has 1 aliphatic rings. The molecule has 1 unspecified atom stereocenters. The second kappa shape index (κ2) is 5.20. The summed E-state index contributed by atoms with van der Waals surface area (Å²) in [6, 6.07) is 1.80. The van der Waals surface area contributed by atoms with Crippen molar-refractivity contribution in [2.75, 3.05) is 6.54 Å². The van der Waals surface area contributed by atoms with Gasteiger partial charge in [-0.25, -0.2) is 4.79 Å². The minimum atomic E-state index is -0.988. The van der Waals surface area contributed by atoms with Gasteiger partial charge in [0.15, 0.2) is 6.10 Å². The van der Waals surface area contributed by atoms with Crippen molar-refractivity contribution in [2.24, 2.45) is 11.7 Å². The number of amides is 2. The van der Waals surface area contributed by atoms with Crippen molar-refractivity contribution in [3.05, 3.63) is 0 Å². The first-order chi connectivity index (χ1) is 7.13. The lowest BCUT2D eigenvalue weighted by molar-refractivity contribution is -0.127. The lowest BCUT2D eigenvalue weighted by Crippen LogP contribution is -2.38. The molecule has 0 aromatic rings. The molecule has 0 spiro atoms. The fourth-order valence-corrected chi connectivity index (χ4v) is 1.59. The smallest absolute Gasteiger partial charge is 0.405 e. The number of rotatable bonds is 3. The molecule has 15 heavy (non-hydrogen) atoms. The Morgan fingerprint density at radius 2 is 2.53 bits per heavy atom. The number of hydrogen-bond donors (Lipinski definition) is 2. The van der Waals surface area contributed by atoms with Gasteiger partial charge in [-0.05, 0) is 12.8 Å². The van der Waals surface area contributed by atoms with E-state index in [2.05, 4.69) is 10.1 Å². The van der Waals surface area contributed by atoms with Crippen LogP contribution in [0.5, 0.6) is 0 Å². The first kappa shape index (κ1) is 11.3. The summed E-state index contributed by atoms with van der Waals surface area (Å²) in [5, 5.41) is 11.4. The van der Waals surface area contributed by atoms with Crippen LogP contribution in [0.3, 0.4) is 0 Å². The Kier molecular flexibility index (Phi) is 3.92. The molecule has 1 rings (SSSR count). The van der Waals surface area contributed by atoms with Gasteiger partial charge in [-0.2, -0.15) is 5.26 Å². The van der Waals surface area contributed by atoms with E-state index in [9.17, 15) is 9.59 Å². The molecule has 82 valence electrons. The minimum Gasteiger partial charge on any atom is -0.431 e. The van der Waals surface area contributed by atoms with Crippen molar-refractivity contribution >= 4 is 12.0 Å². The van der Waals surface area contributed by atoms with Crippen molar-refractivity contribution in [3.63, 3.8) is 0 Å². The average molecular weight is 211 g/mol. The maximum absolute atomic E-state index is 11.3. The predicted molar refractivity (Wildman–Crippen MR) is 50.4 cm³/mol. The van der Waals surface area contributed by atoms with Crippen LogP contribution < -0.4 is 11.1 Å². The van der Waals surface area contributed by atoms with E-state index in [0.717, 1.165) is 6.42 Å². The van der Waals surface area contributed by atoms with E-state index in [4.69, 9.17) is 11.0 Å². The van der Waals surface area contributed by atoms with Crippen LogP contribution in [0.1, 0.15) is 19.3 Å². The summed E-state index contributed by atoms with van der Waals surface area (Å²) in [6.45, 7) is 0.670. The summed E-state index contributed by atoms with van der Waals surface area (Å²) in [5.41, 5.74) is 4.80. The van der Waals surface area contributed by atoms with Gasteiger partial charge >= 0.3 is 6.09 Å². The van der Waals surface area contributed by atoms with Gasteiger partial charge in [0, 0.05) is 18.9 Å². The molecule has 0 radical (unpaired) electrons. The summed E-state index contributed by atoms with van der Waals surface area (Å²) in [5.74, 6) is -0.350. The molecule has 1 heterocycles. The van der Waals surface area contributed by atoms with Crippen LogP contribution in [-0.2, 0) is 9.53 Å². The van der Waals surface area contributed by atoms with Crippen molar-refractivity contribution < 1.29 is 14.3 Å². The molecule has 0 saturated carbocycles. The Labute approximate surface area is 87.4 Å². The van der Waals surface area contributed by atoms with Crippen LogP contribution in [0.2, 0.25) is 0 Å². The van der Waals surface area contributed by atoms with E-state index < -0.39 is 12.2 Å². The third-order valence-electron chi connectivity index (χ3n) is 2.30. The number of nitriles is 1. The van der Waals surface area contributed by atoms with Gasteiger partial charge in [-0.3, -0.25) is 4.79 Å². The van der Waals surface area contributed by atoms with Crippen molar-refractivity contribution in [1.82, 2.24) is 5.32 Å². The highest BCUT2D eigenvalue weighted by atomic mass is 16.6. The van der Waals surface area contributed by atoms with Gasteiger partial charge in [0.2, 0.25) is 5.91 Å². The number of carbonyl (C=O) groups excluding carboxylic acids is 2. The van der Waals surface area contributed by atoms with Gasteiger partial charge in [0.25, 0.3) is 0 Å². The molecule has 0 aromatic carbocycles. The molecule has 2 amide bonds. The summed E-state index contributed by atoms with van der Waals surface area (Å²) in [6.07, 6.45) is -0.114. The van der Waals surface area contributed by atoms with Crippen LogP contribution in [-0.4, -0.2) is 24.6 Å². The average Bonchev–Trinajstić information content (AvgIpc) is 2.19. The van der Waals surface area contributed by atoms with Crippen LogP contribution in [0.15, 0.2) is 0 Å². The van der Waals surface area contributed by atoms with E-state index in [0.29, 0.717) is 13.0 Å². The molecule has 1 fully saturated rings. The fraction of sp³-hybridized carbons (Fsp3) is 0.667. The van der Waals surface area contributed by atoms with E-state index >= 15 is 0 Å². The number of piperidine rings is 1. The van der Waals surface area contributed by atoms with Crippen LogP contribution in [0.4, 0.5) is 4.79 Å². The fourth-order valence-electron chi connectivity index (χ4n) is 1.59. The zero-order valence-electron chi connectivity index (χ0n) is 8.23. The van der Waals surface area contributed by atoms with Gasteiger partial charge in [-0.1, -0.05) is 0 Å². The largest absolute Gasteiger partial charge is 0.431 e. The number of carbonyl (C=O) groups is 2. The van der Waals surface area contributed by atoms with Crippen molar-refractivity contribution in [3.8, 4) is 6.07 Å². The highest BCUT2D eigenvalue weighted by molar-refractivity contribution is 5.79. The molecular weight excluding hydrogens is 198 g/mol. The van der Waals surface area contributed by atoms with Crippen LogP contribution >= 0.6 is 0 Å². The number of nitrogens with zero attached hydrogens (tertiary/aromatic N) is 1. The molecule has 1 aliphatic heterocycles. The number of nitrogens with one attached hydrogen (secondary N) is 1. The summed E-state index contributed by atoms with van der Waals surface area (Å²) < 4.78 is 4.55. The predicted octanol–water partition coefficient (Wildman–Crippen LogP) is -0.110. The van der Waals surface area contributed by atoms with Gasteiger partial charge in [0.05, 0.1) is 0 Å². The molecule has 0 aliphatic carbocycles. The normalized spacial score (nSPS) is 22.3. The summed E-state index contributed by atoms with van der Waals surface area (Å²) in [4.78, 5) is 21.8. The van der Waals surface area contributed by atoms with Crippen molar-refractivity contribution in [2.45, 2.75) is 25.4 Å². The molecule has 6 nitrogen and oxygen atoms in total. The SMILES string of the molecule is N#C[C@H](CC1CCCNC1=O)OC(N)=O. The first-order valence-electron chi connectivity index (χ1n) is 4.77. The number of ether oxygens (including phenoxy) is 1. The standard InChI is InChI=1S/C9H13N3O3/c10-5-7(15-9(11)14)4-6-2-1-3-12-8(6)13/h6-7H,1-4H2,(H2,11,14)(H,12,13)/t6?,7-/m0/s1. The third-order valence-corrected chi connectivity index (χ3v) is 2.30. The molecule has 6 heteroatoms. The van der Waals surface area contributed by atoms with E-state index in [1.165, 1.54) is 0 Å². The lowest BCUT2D eigenvalue weighted by Gasteiger charge is -2.22. The number of nitrogens with two attached hydrogens (primary N) is 1. The monoisotopic (exact) mass is 211 g/mol. The van der Waals surface area contributed by atoms with Crippen LogP contribution in [0, 0.1) is 17.2 Å². The Balaban J connectivity index is 2.47. The zero-order valence-corrected chi connectivity index (χ0v) is 8.23. The molecule has 1 saturated heterocycles. The third kappa shape index (κ3) is 3.46. The Morgan fingerprint density at radius 3 is 3.07 bits per heavy atom. The summed E-state index contributed by atoms with van der Waals surface area (Å²) in [7, 11) is 0. The second-order valence-electron chi connectivity index (χ2n) is 3.42. The summed E-state index contributed by atoms with van der Waals surface area (Å²) >= 11 is 0. The van der Waals surface area contributed by atoms with Crippen molar-refractivity contribution in [1.29, 1.82) is 5.26 Å². The topological polar surface area (TPSA) is 105 Å². The Hall–Kier alpha value is -1.77. The molecule has 0 bridgehead atoms. The first-order valence-corrected chi connectivity index (χ1v) is 4.77. The van der Waals surface area contributed by atoms with Gasteiger partial charge in [-0.15, -0.1) is 0 Å². The number of primary amides is 1. The minimum absolute atomic E-state index is 0.0884. The second-order valence-corrected chi connectivity index (χ2v) is 3.42. The molecular formula is C9H13N3O3. The quantitative estimate of drug-likeness (QED) is 0.679. The molecule has 0 aromatic heterocycles. The Morgan fingerprint density at radius 1 is 1.80 bits per heavy atom. The highest BCUT2D eigenvalue weighted by Gasteiger charge is 2.26. The van der Waals surface area contributed by atoms with Gasteiger partial charge < -0.3 is 15.8 Å². The van der Waals surface area contributed by atoms with Gasteiger partial charge in [0.1, 0.15) is 6.07 Å².